The van der Waals surface area contributed by atoms with Crippen LogP contribution in [0, 0.1) is 5.92 Å². The van der Waals surface area contributed by atoms with Crippen molar-refractivity contribution in [3.8, 4) is 0 Å². The first-order valence-corrected chi connectivity index (χ1v) is 4.03. The Bertz CT molecular complexity index is 280. The van der Waals surface area contributed by atoms with E-state index >= 15 is 0 Å². The third-order valence-corrected chi connectivity index (χ3v) is 2.10. The van der Waals surface area contributed by atoms with Crippen LogP contribution in [0.3, 0.4) is 0 Å². The molecule has 0 aromatic carbocycles. The van der Waals surface area contributed by atoms with E-state index in [1.54, 1.807) is 18.5 Å². The molecule has 1 aromatic rings. The summed E-state index contributed by atoms with van der Waals surface area (Å²) < 4.78 is 0. The number of hydrogen-bond donors (Lipinski definition) is 1. The average Bonchev–Trinajstić information content (AvgIpc) is 2.03. The predicted molar refractivity (Wildman–Crippen MR) is 44.9 cm³/mol. The smallest absolute Gasteiger partial charge is 0.170 e. The van der Waals surface area contributed by atoms with E-state index in [1.807, 2.05) is 6.07 Å². The Morgan fingerprint density at radius 1 is 1.58 bits per heavy atom. The molecule has 0 bridgehead atoms. The van der Waals surface area contributed by atoms with E-state index in [4.69, 9.17) is 0 Å². The fourth-order valence-electron chi connectivity index (χ4n) is 1.22. The number of rotatable bonds is 2. The molecule has 0 saturated carbocycles. The van der Waals surface area contributed by atoms with Crippen molar-refractivity contribution < 1.29 is 4.79 Å². The summed E-state index contributed by atoms with van der Waals surface area (Å²) in [7, 11) is 0. The van der Waals surface area contributed by atoms with Crippen molar-refractivity contribution in [2.45, 2.75) is 0 Å². The zero-order valence-electron chi connectivity index (χ0n) is 6.66. The average molecular weight is 162 g/mol. The summed E-state index contributed by atoms with van der Waals surface area (Å²) in [5.74, 6) is 0.385. The van der Waals surface area contributed by atoms with Gasteiger partial charge in [0.2, 0.25) is 0 Å². The van der Waals surface area contributed by atoms with Gasteiger partial charge in [-0.3, -0.25) is 9.78 Å². The minimum atomic E-state index is 0.175. The summed E-state index contributed by atoms with van der Waals surface area (Å²) in [5.41, 5.74) is 0.726. The Balaban J connectivity index is 2.14. The molecular formula is C9H10N2O. The number of ketones is 1. The summed E-state index contributed by atoms with van der Waals surface area (Å²) in [5, 5.41) is 3.07. The summed E-state index contributed by atoms with van der Waals surface area (Å²) in [6.07, 6.45) is 3.30. The lowest BCUT2D eigenvalue weighted by molar-refractivity contribution is 0.0878. The van der Waals surface area contributed by atoms with Crippen LogP contribution in [-0.4, -0.2) is 23.9 Å². The Kier molecular flexibility index (Phi) is 1.87. The number of nitrogens with one attached hydrogen (secondary N) is 1. The standard InChI is InChI=1S/C9H10N2O/c12-9(8-5-11-6-8)7-2-1-3-10-4-7/h1-4,8,11H,5-6H2. The van der Waals surface area contributed by atoms with Crippen LogP contribution in [-0.2, 0) is 0 Å². The third kappa shape index (κ3) is 1.23. The van der Waals surface area contributed by atoms with Crippen molar-refractivity contribution in [2.75, 3.05) is 13.1 Å². The maximum Gasteiger partial charge on any atom is 0.170 e. The van der Waals surface area contributed by atoms with Gasteiger partial charge >= 0.3 is 0 Å². The Morgan fingerprint density at radius 3 is 2.92 bits per heavy atom. The van der Waals surface area contributed by atoms with Gasteiger partial charge in [0, 0.05) is 37.0 Å². The first kappa shape index (κ1) is 7.43. The van der Waals surface area contributed by atoms with Gasteiger partial charge in [-0.15, -0.1) is 0 Å². The van der Waals surface area contributed by atoms with Crippen molar-refractivity contribution in [1.29, 1.82) is 0 Å². The summed E-state index contributed by atoms with van der Waals surface area (Å²) in [6, 6.07) is 3.60. The van der Waals surface area contributed by atoms with Crippen LogP contribution in [0.4, 0.5) is 0 Å². The van der Waals surface area contributed by atoms with Crippen LogP contribution in [0.2, 0.25) is 0 Å². The monoisotopic (exact) mass is 162 g/mol. The van der Waals surface area contributed by atoms with E-state index in [-0.39, 0.29) is 11.7 Å². The molecule has 62 valence electrons. The molecule has 3 nitrogen and oxygen atoms in total. The maximum absolute atomic E-state index is 11.5. The first-order valence-electron chi connectivity index (χ1n) is 4.03. The number of Topliss-reactive ketones (excluding diaryl/α,β-unsaturated/α-hetero) is 1. The number of aromatic nitrogens is 1. The molecule has 0 unspecified atom stereocenters. The van der Waals surface area contributed by atoms with Crippen LogP contribution >= 0.6 is 0 Å². The van der Waals surface area contributed by atoms with Gasteiger partial charge < -0.3 is 5.32 Å². The van der Waals surface area contributed by atoms with Crippen molar-refractivity contribution in [2.24, 2.45) is 5.92 Å². The lowest BCUT2D eigenvalue weighted by Crippen LogP contribution is -2.46. The van der Waals surface area contributed by atoms with E-state index in [0.717, 1.165) is 18.7 Å². The molecule has 3 heteroatoms. The topological polar surface area (TPSA) is 42.0 Å². The number of hydrogen-bond acceptors (Lipinski definition) is 3. The highest BCUT2D eigenvalue weighted by atomic mass is 16.1. The van der Waals surface area contributed by atoms with Gasteiger partial charge in [-0.25, -0.2) is 0 Å². The summed E-state index contributed by atoms with van der Waals surface area (Å²) in [6.45, 7) is 1.63. The SMILES string of the molecule is O=C(c1cccnc1)C1CNC1. The fourth-order valence-corrected chi connectivity index (χ4v) is 1.22. The van der Waals surface area contributed by atoms with Crippen molar-refractivity contribution in [3.63, 3.8) is 0 Å². The van der Waals surface area contributed by atoms with Gasteiger partial charge in [0.1, 0.15) is 0 Å². The van der Waals surface area contributed by atoms with E-state index in [2.05, 4.69) is 10.3 Å². The van der Waals surface area contributed by atoms with Gasteiger partial charge in [0.05, 0.1) is 0 Å². The second-order valence-corrected chi connectivity index (χ2v) is 2.96. The summed E-state index contributed by atoms with van der Waals surface area (Å²) >= 11 is 0. The molecule has 1 fully saturated rings. The minimum Gasteiger partial charge on any atom is -0.315 e. The molecule has 12 heavy (non-hydrogen) atoms. The van der Waals surface area contributed by atoms with Crippen LogP contribution < -0.4 is 5.32 Å². The molecule has 0 atom stereocenters. The Labute approximate surface area is 70.8 Å². The van der Waals surface area contributed by atoms with Gasteiger partial charge in [0.15, 0.2) is 5.78 Å². The first-order chi connectivity index (χ1) is 5.88. The van der Waals surface area contributed by atoms with Crippen LogP contribution in [0.5, 0.6) is 0 Å². The van der Waals surface area contributed by atoms with E-state index in [0.29, 0.717) is 0 Å². The number of pyridine rings is 1. The van der Waals surface area contributed by atoms with Crippen molar-refractivity contribution in [1.82, 2.24) is 10.3 Å². The zero-order chi connectivity index (χ0) is 8.39. The highest BCUT2D eigenvalue weighted by molar-refractivity contribution is 5.98. The molecule has 0 radical (unpaired) electrons. The van der Waals surface area contributed by atoms with Crippen molar-refractivity contribution >= 4 is 5.78 Å². The zero-order valence-corrected chi connectivity index (χ0v) is 6.66. The van der Waals surface area contributed by atoms with Crippen molar-refractivity contribution in [3.05, 3.63) is 30.1 Å². The summed E-state index contributed by atoms with van der Waals surface area (Å²) in [4.78, 5) is 15.5. The Morgan fingerprint density at radius 2 is 2.42 bits per heavy atom. The van der Waals surface area contributed by atoms with Gasteiger partial charge in [0.25, 0.3) is 0 Å². The molecule has 0 amide bonds. The fraction of sp³-hybridized carbons (Fsp3) is 0.333. The molecule has 2 heterocycles. The molecule has 1 aliphatic rings. The lowest BCUT2D eigenvalue weighted by Gasteiger charge is -2.25. The van der Waals surface area contributed by atoms with Crippen LogP contribution in [0.1, 0.15) is 10.4 Å². The molecule has 0 spiro atoms. The normalized spacial score (nSPS) is 17.0. The van der Waals surface area contributed by atoms with E-state index in [9.17, 15) is 4.79 Å². The second kappa shape index (κ2) is 3.03. The second-order valence-electron chi connectivity index (χ2n) is 2.96. The molecule has 0 aliphatic carbocycles. The highest BCUT2D eigenvalue weighted by Gasteiger charge is 2.25. The molecule has 2 rings (SSSR count). The predicted octanol–water partition coefficient (Wildman–Crippen LogP) is 0.484. The minimum absolute atomic E-state index is 0.175. The molecule has 1 aromatic heterocycles. The Hall–Kier alpha value is -1.22. The van der Waals surface area contributed by atoms with Crippen LogP contribution in [0.15, 0.2) is 24.5 Å². The highest BCUT2D eigenvalue weighted by Crippen LogP contribution is 2.11. The molecule has 1 saturated heterocycles. The molecule has 1 aliphatic heterocycles. The van der Waals surface area contributed by atoms with Gasteiger partial charge in [-0.05, 0) is 12.1 Å². The number of nitrogens with zero attached hydrogens (tertiary/aromatic N) is 1. The largest absolute Gasteiger partial charge is 0.315 e. The van der Waals surface area contributed by atoms with E-state index in [1.165, 1.54) is 0 Å². The maximum atomic E-state index is 11.5. The van der Waals surface area contributed by atoms with Gasteiger partial charge in [-0.1, -0.05) is 0 Å². The molecule has 1 N–H and O–H groups in total. The van der Waals surface area contributed by atoms with Gasteiger partial charge in [-0.2, -0.15) is 0 Å². The molecular weight excluding hydrogens is 152 g/mol. The number of carbonyl (C=O) groups is 1. The lowest BCUT2D eigenvalue weighted by atomic mass is 9.94. The third-order valence-electron chi connectivity index (χ3n) is 2.10. The van der Waals surface area contributed by atoms with Crippen LogP contribution in [0.25, 0.3) is 0 Å². The quantitative estimate of drug-likeness (QED) is 0.643. The van der Waals surface area contributed by atoms with E-state index < -0.39 is 0 Å². The number of carbonyl (C=O) groups excluding carboxylic acids is 1.